The molecule has 0 aliphatic heterocycles. The van der Waals surface area contributed by atoms with Crippen molar-refractivity contribution in [2.75, 3.05) is 7.11 Å². The van der Waals surface area contributed by atoms with Crippen molar-refractivity contribution in [2.45, 2.75) is 20.3 Å². The predicted octanol–water partition coefficient (Wildman–Crippen LogP) is 2.56. The Balaban J connectivity index is 2.64. The van der Waals surface area contributed by atoms with Crippen LogP contribution in [-0.4, -0.2) is 12.8 Å². The van der Waals surface area contributed by atoms with Crippen LogP contribution in [0.4, 0.5) is 0 Å². The fourth-order valence-electron chi connectivity index (χ4n) is 1.19. The third-order valence-electron chi connectivity index (χ3n) is 1.83. The van der Waals surface area contributed by atoms with Crippen LogP contribution in [0.5, 0.6) is 0 Å². The van der Waals surface area contributed by atoms with E-state index in [1.165, 1.54) is 11.1 Å². The van der Waals surface area contributed by atoms with E-state index in [2.05, 4.69) is 41.2 Å². The minimum Gasteiger partial charge on any atom is -0.399 e. The Labute approximate surface area is 79.2 Å². The maximum Gasteiger partial charge on any atom is 0.106 e. The Morgan fingerprint density at radius 3 is 2.46 bits per heavy atom. The Morgan fingerprint density at radius 1 is 1.31 bits per heavy atom. The number of hydrogen-bond acceptors (Lipinski definition) is 2. The van der Waals surface area contributed by atoms with Gasteiger partial charge in [0, 0.05) is 6.42 Å². The Hall–Kier alpha value is -1.31. The molecule has 1 rings (SSSR count). The monoisotopic (exact) mass is 177 g/mol. The number of rotatable bonds is 3. The van der Waals surface area contributed by atoms with Gasteiger partial charge in [0.25, 0.3) is 0 Å². The molecular formula is C11H15NO. The minimum atomic E-state index is 0.855. The number of benzene rings is 1. The summed E-state index contributed by atoms with van der Waals surface area (Å²) in [5.74, 6) is 0. The minimum absolute atomic E-state index is 0.855. The van der Waals surface area contributed by atoms with Crippen LogP contribution in [0.1, 0.15) is 18.1 Å². The average Bonchev–Trinajstić information content (AvgIpc) is 2.09. The maximum absolute atomic E-state index is 4.69. The first kappa shape index (κ1) is 9.78. The second kappa shape index (κ2) is 4.65. The lowest BCUT2D eigenvalue weighted by Crippen LogP contribution is -1.97. The lowest BCUT2D eigenvalue weighted by Gasteiger charge is -2.00. The summed E-state index contributed by atoms with van der Waals surface area (Å²) in [5.41, 5.74) is 3.54. The van der Waals surface area contributed by atoms with Gasteiger partial charge in [-0.2, -0.15) is 0 Å². The average molecular weight is 177 g/mol. The Bertz CT molecular complexity index is 287. The van der Waals surface area contributed by atoms with Gasteiger partial charge in [0.05, 0.1) is 5.71 Å². The smallest absolute Gasteiger partial charge is 0.106 e. The molecule has 0 saturated heterocycles. The standard InChI is InChI=1S/C11H15NO/c1-9-4-6-11(7-5-9)8-10(2)12-13-3/h4-7H,8H2,1-3H3/b12-10+. The van der Waals surface area contributed by atoms with Crippen LogP contribution < -0.4 is 0 Å². The van der Waals surface area contributed by atoms with Gasteiger partial charge < -0.3 is 4.84 Å². The molecule has 0 fully saturated rings. The second-order valence-corrected chi connectivity index (χ2v) is 3.17. The molecule has 0 amide bonds. The first-order chi connectivity index (χ1) is 6.22. The first-order valence-electron chi connectivity index (χ1n) is 4.34. The highest BCUT2D eigenvalue weighted by atomic mass is 16.6. The van der Waals surface area contributed by atoms with E-state index in [1.54, 1.807) is 7.11 Å². The van der Waals surface area contributed by atoms with Gasteiger partial charge in [0.15, 0.2) is 0 Å². The Morgan fingerprint density at radius 2 is 1.92 bits per heavy atom. The molecule has 0 N–H and O–H groups in total. The van der Waals surface area contributed by atoms with Gasteiger partial charge >= 0.3 is 0 Å². The van der Waals surface area contributed by atoms with Crippen molar-refractivity contribution in [1.29, 1.82) is 0 Å². The zero-order chi connectivity index (χ0) is 9.68. The molecule has 0 radical (unpaired) electrons. The van der Waals surface area contributed by atoms with Crippen molar-refractivity contribution in [2.24, 2.45) is 5.16 Å². The number of aryl methyl sites for hydroxylation is 1. The number of oxime groups is 1. The van der Waals surface area contributed by atoms with E-state index in [0.717, 1.165) is 12.1 Å². The van der Waals surface area contributed by atoms with Crippen molar-refractivity contribution in [1.82, 2.24) is 0 Å². The summed E-state index contributed by atoms with van der Waals surface area (Å²) in [6.07, 6.45) is 0.855. The van der Waals surface area contributed by atoms with Gasteiger partial charge in [-0.3, -0.25) is 0 Å². The summed E-state index contributed by atoms with van der Waals surface area (Å²) >= 11 is 0. The maximum atomic E-state index is 4.69. The molecular weight excluding hydrogens is 162 g/mol. The molecule has 0 aromatic heterocycles. The van der Waals surface area contributed by atoms with Crippen molar-refractivity contribution < 1.29 is 4.84 Å². The molecule has 0 aliphatic carbocycles. The lowest BCUT2D eigenvalue weighted by molar-refractivity contribution is 0.212. The number of nitrogens with zero attached hydrogens (tertiary/aromatic N) is 1. The fraction of sp³-hybridized carbons (Fsp3) is 0.364. The van der Waals surface area contributed by atoms with Crippen LogP contribution in [-0.2, 0) is 11.3 Å². The van der Waals surface area contributed by atoms with Gasteiger partial charge in [-0.15, -0.1) is 0 Å². The molecule has 0 atom stereocenters. The van der Waals surface area contributed by atoms with Crippen LogP contribution in [0.15, 0.2) is 29.4 Å². The summed E-state index contributed by atoms with van der Waals surface area (Å²) < 4.78 is 0. The molecule has 70 valence electrons. The third kappa shape index (κ3) is 3.28. The van der Waals surface area contributed by atoms with Gasteiger partial charge in [-0.05, 0) is 19.4 Å². The highest BCUT2D eigenvalue weighted by Crippen LogP contribution is 2.04. The van der Waals surface area contributed by atoms with Crippen LogP contribution in [0.2, 0.25) is 0 Å². The summed E-state index contributed by atoms with van der Waals surface area (Å²) in [4.78, 5) is 4.69. The normalized spacial score (nSPS) is 11.5. The molecule has 2 nitrogen and oxygen atoms in total. The van der Waals surface area contributed by atoms with Crippen molar-refractivity contribution in [3.63, 3.8) is 0 Å². The lowest BCUT2D eigenvalue weighted by atomic mass is 10.1. The predicted molar refractivity (Wildman–Crippen MR) is 55.0 cm³/mol. The molecule has 0 spiro atoms. The van der Waals surface area contributed by atoms with Crippen molar-refractivity contribution >= 4 is 5.71 Å². The van der Waals surface area contributed by atoms with E-state index in [0.29, 0.717) is 0 Å². The van der Waals surface area contributed by atoms with E-state index < -0.39 is 0 Å². The zero-order valence-corrected chi connectivity index (χ0v) is 8.37. The molecule has 13 heavy (non-hydrogen) atoms. The molecule has 0 aliphatic rings. The Kier molecular flexibility index (Phi) is 3.50. The molecule has 0 heterocycles. The fourth-order valence-corrected chi connectivity index (χ4v) is 1.19. The van der Waals surface area contributed by atoms with Gasteiger partial charge in [0.1, 0.15) is 7.11 Å². The SMILES string of the molecule is CO/N=C(\C)Cc1ccc(C)cc1. The summed E-state index contributed by atoms with van der Waals surface area (Å²) in [6.45, 7) is 4.04. The summed E-state index contributed by atoms with van der Waals surface area (Å²) in [5, 5.41) is 3.86. The zero-order valence-electron chi connectivity index (χ0n) is 8.37. The topological polar surface area (TPSA) is 21.6 Å². The van der Waals surface area contributed by atoms with Crippen LogP contribution in [0.25, 0.3) is 0 Å². The third-order valence-corrected chi connectivity index (χ3v) is 1.83. The van der Waals surface area contributed by atoms with E-state index >= 15 is 0 Å². The van der Waals surface area contributed by atoms with Gasteiger partial charge in [-0.25, -0.2) is 0 Å². The van der Waals surface area contributed by atoms with E-state index in [9.17, 15) is 0 Å². The van der Waals surface area contributed by atoms with Crippen LogP contribution in [0, 0.1) is 6.92 Å². The van der Waals surface area contributed by atoms with E-state index in [1.807, 2.05) is 6.92 Å². The molecule has 1 aromatic rings. The quantitative estimate of drug-likeness (QED) is 0.513. The second-order valence-electron chi connectivity index (χ2n) is 3.17. The number of hydrogen-bond donors (Lipinski definition) is 0. The van der Waals surface area contributed by atoms with Crippen molar-refractivity contribution in [3.05, 3.63) is 35.4 Å². The highest BCUT2D eigenvalue weighted by molar-refractivity contribution is 5.83. The molecule has 2 heteroatoms. The summed E-state index contributed by atoms with van der Waals surface area (Å²) in [7, 11) is 1.57. The van der Waals surface area contributed by atoms with Crippen LogP contribution >= 0.6 is 0 Å². The largest absolute Gasteiger partial charge is 0.399 e. The van der Waals surface area contributed by atoms with E-state index in [-0.39, 0.29) is 0 Å². The van der Waals surface area contributed by atoms with Crippen LogP contribution in [0.3, 0.4) is 0 Å². The summed E-state index contributed by atoms with van der Waals surface area (Å²) in [6, 6.07) is 8.44. The molecule has 0 unspecified atom stereocenters. The van der Waals surface area contributed by atoms with E-state index in [4.69, 9.17) is 0 Å². The first-order valence-corrected chi connectivity index (χ1v) is 4.34. The molecule has 1 aromatic carbocycles. The van der Waals surface area contributed by atoms with Gasteiger partial charge in [0.2, 0.25) is 0 Å². The molecule has 0 bridgehead atoms. The highest BCUT2D eigenvalue weighted by Gasteiger charge is 1.95. The molecule has 0 saturated carbocycles. The van der Waals surface area contributed by atoms with Crippen molar-refractivity contribution in [3.8, 4) is 0 Å². The van der Waals surface area contributed by atoms with Gasteiger partial charge in [-0.1, -0.05) is 35.0 Å².